The smallest absolute Gasteiger partial charge is 0.308 e. The van der Waals surface area contributed by atoms with E-state index in [1.807, 2.05) is 0 Å². The Kier molecular flexibility index (Phi) is 3.70. The molecule has 0 heterocycles. The molecule has 86 valence electrons. The molecule has 0 amide bonds. The third-order valence-corrected chi connectivity index (χ3v) is 4.92. The van der Waals surface area contributed by atoms with Gasteiger partial charge in [-0.15, -0.1) is 0 Å². The molecule has 0 spiro atoms. The molecule has 2 saturated carbocycles. The van der Waals surface area contributed by atoms with E-state index >= 15 is 0 Å². The molecule has 15 heavy (non-hydrogen) atoms. The minimum Gasteiger partial charge on any atom is -0.469 e. The van der Waals surface area contributed by atoms with Crippen molar-refractivity contribution in [3.8, 4) is 0 Å². The zero-order valence-electron chi connectivity index (χ0n) is 9.25. The van der Waals surface area contributed by atoms with E-state index in [1.165, 1.54) is 32.8 Å². The maximum atomic E-state index is 11.5. The number of rotatable bonds is 1. The predicted octanol–water partition coefficient (Wildman–Crippen LogP) is 3.14. The van der Waals surface area contributed by atoms with Gasteiger partial charge in [0.25, 0.3) is 0 Å². The lowest BCUT2D eigenvalue weighted by Crippen LogP contribution is -2.34. The van der Waals surface area contributed by atoms with Gasteiger partial charge in [0.15, 0.2) is 0 Å². The van der Waals surface area contributed by atoms with Crippen LogP contribution in [-0.2, 0) is 9.53 Å². The largest absolute Gasteiger partial charge is 0.469 e. The monoisotopic (exact) mass is 274 g/mol. The first kappa shape index (κ1) is 11.4. The molecule has 0 aromatic rings. The summed E-state index contributed by atoms with van der Waals surface area (Å²) in [5, 5.41) is 0. The van der Waals surface area contributed by atoms with Crippen molar-refractivity contribution < 1.29 is 9.53 Å². The third kappa shape index (κ3) is 2.55. The van der Waals surface area contributed by atoms with E-state index in [0.29, 0.717) is 4.83 Å². The molecule has 4 unspecified atom stereocenters. The highest BCUT2D eigenvalue weighted by molar-refractivity contribution is 9.09. The SMILES string of the molecule is COC(=O)C1CCC2CC(Br)CCC2C1. The Labute approximate surface area is 99.9 Å². The Balaban J connectivity index is 1.92. The summed E-state index contributed by atoms with van der Waals surface area (Å²) in [5.41, 5.74) is 0. The molecule has 2 fully saturated rings. The molecular weight excluding hydrogens is 256 g/mol. The molecule has 3 heteroatoms. The van der Waals surface area contributed by atoms with Crippen molar-refractivity contribution in [1.29, 1.82) is 0 Å². The Morgan fingerprint density at radius 2 is 1.80 bits per heavy atom. The molecule has 2 rings (SSSR count). The van der Waals surface area contributed by atoms with Crippen molar-refractivity contribution in [2.45, 2.75) is 43.4 Å². The van der Waals surface area contributed by atoms with Crippen LogP contribution in [0.2, 0.25) is 0 Å². The maximum Gasteiger partial charge on any atom is 0.308 e. The van der Waals surface area contributed by atoms with Gasteiger partial charge >= 0.3 is 5.97 Å². The molecule has 0 N–H and O–H groups in total. The molecule has 0 saturated heterocycles. The van der Waals surface area contributed by atoms with E-state index < -0.39 is 0 Å². The van der Waals surface area contributed by atoms with Crippen LogP contribution in [0.4, 0.5) is 0 Å². The number of esters is 1. The Morgan fingerprint density at radius 1 is 1.13 bits per heavy atom. The van der Waals surface area contributed by atoms with E-state index in [4.69, 9.17) is 4.74 Å². The fourth-order valence-corrected chi connectivity index (χ4v) is 3.96. The van der Waals surface area contributed by atoms with Crippen LogP contribution in [0, 0.1) is 17.8 Å². The van der Waals surface area contributed by atoms with Crippen LogP contribution >= 0.6 is 15.9 Å². The lowest BCUT2D eigenvalue weighted by Gasteiger charge is -2.40. The summed E-state index contributed by atoms with van der Waals surface area (Å²) in [5.74, 6) is 1.82. The molecule has 4 atom stereocenters. The van der Waals surface area contributed by atoms with Gasteiger partial charge in [-0.05, 0) is 50.4 Å². The van der Waals surface area contributed by atoms with Gasteiger partial charge in [-0.1, -0.05) is 15.9 Å². The van der Waals surface area contributed by atoms with E-state index in [9.17, 15) is 4.79 Å². The first-order valence-electron chi connectivity index (χ1n) is 5.92. The molecule has 2 aliphatic rings. The minimum absolute atomic E-state index is 0.00872. The molecule has 2 aliphatic carbocycles. The van der Waals surface area contributed by atoms with E-state index in [0.717, 1.165) is 24.7 Å². The molecule has 0 aromatic carbocycles. The highest BCUT2D eigenvalue weighted by atomic mass is 79.9. The number of fused-ring (bicyclic) bond motifs is 1. The van der Waals surface area contributed by atoms with Gasteiger partial charge in [-0.3, -0.25) is 4.79 Å². The Hall–Kier alpha value is -0.0500. The van der Waals surface area contributed by atoms with Gasteiger partial charge in [0, 0.05) is 4.83 Å². The number of alkyl halides is 1. The van der Waals surface area contributed by atoms with E-state index in [1.54, 1.807) is 0 Å². The number of carbonyl (C=O) groups excluding carboxylic acids is 1. The second-order valence-corrected chi connectivity index (χ2v) is 6.26. The number of halogens is 1. The van der Waals surface area contributed by atoms with Crippen molar-refractivity contribution in [1.82, 2.24) is 0 Å². The molecule has 0 aliphatic heterocycles. The quantitative estimate of drug-likeness (QED) is 0.543. The number of carbonyl (C=O) groups is 1. The second-order valence-electron chi connectivity index (χ2n) is 4.96. The van der Waals surface area contributed by atoms with Crippen molar-refractivity contribution in [2.75, 3.05) is 7.11 Å². The maximum absolute atomic E-state index is 11.5. The Morgan fingerprint density at radius 3 is 2.53 bits per heavy atom. The molecular formula is C12H19BrO2. The lowest BCUT2D eigenvalue weighted by molar-refractivity contribution is -0.147. The summed E-state index contributed by atoms with van der Waals surface area (Å²) in [4.78, 5) is 12.2. The lowest BCUT2D eigenvalue weighted by atomic mass is 9.67. The van der Waals surface area contributed by atoms with Crippen LogP contribution in [0.1, 0.15) is 38.5 Å². The fraction of sp³-hybridized carbons (Fsp3) is 0.917. The number of ether oxygens (including phenoxy) is 1. The van der Waals surface area contributed by atoms with Gasteiger partial charge in [-0.2, -0.15) is 0 Å². The second kappa shape index (κ2) is 4.86. The van der Waals surface area contributed by atoms with Gasteiger partial charge < -0.3 is 4.74 Å². The normalized spacial score (nSPS) is 40.7. The summed E-state index contributed by atoms with van der Waals surface area (Å²) >= 11 is 3.72. The first-order valence-corrected chi connectivity index (χ1v) is 6.84. The van der Waals surface area contributed by atoms with E-state index in [-0.39, 0.29) is 11.9 Å². The predicted molar refractivity (Wildman–Crippen MR) is 62.9 cm³/mol. The number of methoxy groups -OCH3 is 1. The molecule has 0 radical (unpaired) electrons. The van der Waals surface area contributed by atoms with Gasteiger partial charge in [0.1, 0.15) is 0 Å². The molecule has 2 nitrogen and oxygen atoms in total. The summed E-state index contributed by atoms with van der Waals surface area (Å²) in [6.45, 7) is 0. The van der Waals surface area contributed by atoms with Crippen molar-refractivity contribution in [3.05, 3.63) is 0 Å². The zero-order chi connectivity index (χ0) is 10.8. The number of hydrogen-bond donors (Lipinski definition) is 0. The van der Waals surface area contributed by atoms with Crippen LogP contribution in [0.25, 0.3) is 0 Å². The molecule has 0 bridgehead atoms. The minimum atomic E-state index is 0.00872. The average Bonchev–Trinajstić information content (AvgIpc) is 2.27. The highest BCUT2D eigenvalue weighted by Gasteiger charge is 2.37. The topological polar surface area (TPSA) is 26.3 Å². The van der Waals surface area contributed by atoms with Gasteiger partial charge in [0.05, 0.1) is 13.0 Å². The molecule has 0 aromatic heterocycles. The van der Waals surface area contributed by atoms with Crippen molar-refractivity contribution in [2.24, 2.45) is 17.8 Å². The van der Waals surface area contributed by atoms with Crippen LogP contribution in [0.15, 0.2) is 0 Å². The van der Waals surface area contributed by atoms with Gasteiger partial charge in [-0.25, -0.2) is 0 Å². The number of hydrogen-bond acceptors (Lipinski definition) is 2. The van der Waals surface area contributed by atoms with Crippen LogP contribution in [0.5, 0.6) is 0 Å². The van der Waals surface area contributed by atoms with Crippen molar-refractivity contribution >= 4 is 21.9 Å². The van der Waals surface area contributed by atoms with Crippen LogP contribution in [0.3, 0.4) is 0 Å². The van der Waals surface area contributed by atoms with E-state index in [2.05, 4.69) is 15.9 Å². The Bertz CT molecular complexity index is 242. The highest BCUT2D eigenvalue weighted by Crippen LogP contribution is 2.44. The third-order valence-electron chi connectivity index (χ3n) is 4.08. The van der Waals surface area contributed by atoms with Gasteiger partial charge in [0.2, 0.25) is 0 Å². The summed E-state index contributed by atoms with van der Waals surface area (Å²) in [6.07, 6.45) is 7.18. The average molecular weight is 275 g/mol. The fourth-order valence-electron chi connectivity index (χ4n) is 3.21. The van der Waals surface area contributed by atoms with Crippen LogP contribution in [-0.4, -0.2) is 17.9 Å². The van der Waals surface area contributed by atoms with Crippen LogP contribution < -0.4 is 0 Å². The standard InChI is InChI=1S/C12H19BrO2/c1-15-12(14)10-3-2-9-7-11(13)5-4-8(9)6-10/h8-11H,2-7H2,1H3. The summed E-state index contributed by atoms with van der Waals surface area (Å²) in [7, 11) is 1.50. The summed E-state index contributed by atoms with van der Waals surface area (Å²) < 4.78 is 4.84. The zero-order valence-corrected chi connectivity index (χ0v) is 10.8. The summed E-state index contributed by atoms with van der Waals surface area (Å²) in [6, 6.07) is 0. The van der Waals surface area contributed by atoms with Crippen molar-refractivity contribution in [3.63, 3.8) is 0 Å². The first-order chi connectivity index (χ1) is 7.20.